The molecule has 0 saturated carbocycles. The monoisotopic (exact) mass is 172 g/mol. The Hall–Kier alpha value is -1.04. The Morgan fingerprint density at radius 3 is 2.38 bits per heavy atom. The second-order valence-corrected chi connectivity index (χ2v) is 4.00. The van der Waals surface area contributed by atoms with Crippen LogP contribution in [0.2, 0.25) is 0 Å². The summed E-state index contributed by atoms with van der Waals surface area (Å²) in [5, 5.41) is 0. The number of rotatable bonds is 1. The second kappa shape index (κ2) is 3.37. The van der Waals surface area contributed by atoms with E-state index in [-0.39, 0.29) is 0 Å². The molecule has 0 spiro atoms. The predicted molar refractivity (Wildman–Crippen MR) is 57.4 cm³/mol. The zero-order valence-electron chi connectivity index (χ0n) is 8.38. The summed E-state index contributed by atoms with van der Waals surface area (Å²) >= 11 is 0. The molecule has 68 valence electrons. The molecular weight excluding hydrogens is 156 g/mol. The molecule has 2 rings (SSSR count). The maximum absolute atomic E-state index is 2.33. The van der Waals surface area contributed by atoms with E-state index in [1.165, 1.54) is 18.4 Å². The van der Waals surface area contributed by atoms with Crippen molar-refractivity contribution in [1.82, 2.24) is 0 Å². The van der Waals surface area contributed by atoms with Crippen LogP contribution in [0.3, 0.4) is 0 Å². The van der Waals surface area contributed by atoms with Crippen LogP contribution in [0.5, 0.6) is 0 Å². The van der Waals surface area contributed by atoms with Gasteiger partial charge in [-0.2, -0.15) is 0 Å². The van der Waals surface area contributed by atoms with E-state index in [0.717, 1.165) is 5.92 Å². The van der Waals surface area contributed by atoms with Crippen molar-refractivity contribution in [2.45, 2.75) is 26.7 Å². The lowest BCUT2D eigenvalue weighted by Crippen LogP contribution is -1.92. The maximum atomic E-state index is 2.33. The third kappa shape index (κ3) is 1.53. The Balaban J connectivity index is 2.41. The highest BCUT2D eigenvalue weighted by molar-refractivity contribution is 5.71. The van der Waals surface area contributed by atoms with Crippen LogP contribution in [-0.4, -0.2) is 0 Å². The van der Waals surface area contributed by atoms with E-state index in [1.54, 1.807) is 11.1 Å². The minimum absolute atomic E-state index is 0.752. The number of allylic oxidation sites excluding steroid dienone is 2. The summed E-state index contributed by atoms with van der Waals surface area (Å²) in [7, 11) is 0. The van der Waals surface area contributed by atoms with Gasteiger partial charge in [0.05, 0.1) is 0 Å². The van der Waals surface area contributed by atoms with Crippen molar-refractivity contribution in [2.24, 2.45) is 5.92 Å². The lowest BCUT2D eigenvalue weighted by atomic mass is 9.95. The van der Waals surface area contributed by atoms with Gasteiger partial charge in [-0.1, -0.05) is 42.8 Å². The highest BCUT2D eigenvalue weighted by Crippen LogP contribution is 2.37. The first kappa shape index (κ1) is 8.55. The van der Waals surface area contributed by atoms with Gasteiger partial charge < -0.3 is 0 Å². The first-order valence-electron chi connectivity index (χ1n) is 5.04. The Morgan fingerprint density at radius 1 is 1.15 bits per heavy atom. The fourth-order valence-electron chi connectivity index (χ4n) is 2.28. The van der Waals surface area contributed by atoms with Crippen LogP contribution in [0, 0.1) is 5.92 Å². The van der Waals surface area contributed by atoms with Crippen LogP contribution >= 0.6 is 0 Å². The van der Waals surface area contributed by atoms with Crippen molar-refractivity contribution in [1.29, 1.82) is 0 Å². The normalized spacial score (nSPS) is 22.5. The molecule has 0 saturated heterocycles. The fraction of sp³-hybridized carbons (Fsp3) is 0.385. The summed E-state index contributed by atoms with van der Waals surface area (Å²) < 4.78 is 0. The molecule has 0 heteroatoms. The van der Waals surface area contributed by atoms with Crippen molar-refractivity contribution >= 4 is 5.57 Å². The predicted octanol–water partition coefficient (Wildman–Crippen LogP) is 3.89. The molecule has 0 bridgehead atoms. The Bertz CT molecular complexity index is 319. The van der Waals surface area contributed by atoms with Crippen LogP contribution in [0.25, 0.3) is 5.57 Å². The van der Waals surface area contributed by atoms with E-state index in [9.17, 15) is 0 Å². The molecule has 1 aliphatic rings. The summed E-state index contributed by atoms with van der Waals surface area (Å²) in [4.78, 5) is 0. The largest absolute Gasteiger partial charge is 0.0692 e. The molecule has 0 N–H and O–H groups in total. The molecule has 1 aromatic carbocycles. The zero-order chi connectivity index (χ0) is 9.26. The van der Waals surface area contributed by atoms with Crippen molar-refractivity contribution in [3.63, 3.8) is 0 Å². The second-order valence-electron chi connectivity index (χ2n) is 4.00. The Labute approximate surface area is 80.3 Å². The SMILES string of the molecule is CC1=C(c2ccccc2)[C@H](C)CC1. The van der Waals surface area contributed by atoms with Gasteiger partial charge in [0.1, 0.15) is 0 Å². The minimum Gasteiger partial charge on any atom is -0.0692 e. The third-order valence-corrected chi connectivity index (χ3v) is 2.99. The van der Waals surface area contributed by atoms with E-state index in [4.69, 9.17) is 0 Å². The summed E-state index contributed by atoms with van der Waals surface area (Å²) in [5.41, 5.74) is 4.59. The average Bonchev–Trinajstić information content (AvgIpc) is 2.48. The lowest BCUT2D eigenvalue weighted by molar-refractivity contribution is 0.710. The van der Waals surface area contributed by atoms with Gasteiger partial charge in [-0.3, -0.25) is 0 Å². The first-order valence-corrected chi connectivity index (χ1v) is 5.04. The summed E-state index contributed by atoms with van der Waals surface area (Å²) in [5.74, 6) is 0.752. The number of hydrogen-bond donors (Lipinski definition) is 0. The summed E-state index contributed by atoms with van der Waals surface area (Å²) in [6, 6.07) is 10.8. The molecule has 0 aromatic heterocycles. The zero-order valence-corrected chi connectivity index (χ0v) is 8.38. The topological polar surface area (TPSA) is 0 Å². The summed E-state index contributed by atoms with van der Waals surface area (Å²) in [6.07, 6.45) is 2.61. The minimum atomic E-state index is 0.752. The molecule has 0 aliphatic heterocycles. The van der Waals surface area contributed by atoms with Crippen molar-refractivity contribution in [3.8, 4) is 0 Å². The lowest BCUT2D eigenvalue weighted by Gasteiger charge is -2.09. The van der Waals surface area contributed by atoms with Crippen LogP contribution in [0.4, 0.5) is 0 Å². The standard InChI is InChI=1S/C13H16/c1-10-8-9-11(2)13(10)12-6-4-3-5-7-12/h3-7,10H,8-9H2,1-2H3/t10-/m1/s1. The van der Waals surface area contributed by atoms with E-state index in [2.05, 4.69) is 44.2 Å². The molecule has 0 unspecified atom stereocenters. The molecule has 1 aliphatic carbocycles. The Morgan fingerprint density at radius 2 is 1.85 bits per heavy atom. The summed E-state index contributed by atoms with van der Waals surface area (Å²) in [6.45, 7) is 4.60. The van der Waals surface area contributed by atoms with Gasteiger partial charge in [-0.15, -0.1) is 0 Å². The molecule has 1 aromatic rings. The molecular formula is C13H16. The highest BCUT2D eigenvalue weighted by atomic mass is 14.2. The quantitative estimate of drug-likeness (QED) is 0.603. The van der Waals surface area contributed by atoms with Crippen molar-refractivity contribution in [3.05, 3.63) is 41.5 Å². The smallest absolute Gasteiger partial charge is 0.0182 e. The number of hydrogen-bond acceptors (Lipinski definition) is 0. The highest BCUT2D eigenvalue weighted by Gasteiger charge is 2.19. The van der Waals surface area contributed by atoms with Gasteiger partial charge >= 0.3 is 0 Å². The molecule has 0 amide bonds. The average molecular weight is 172 g/mol. The molecule has 13 heavy (non-hydrogen) atoms. The fourth-order valence-corrected chi connectivity index (χ4v) is 2.28. The third-order valence-electron chi connectivity index (χ3n) is 2.99. The van der Waals surface area contributed by atoms with E-state index < -0.39 is 0 Å². The number of benzene rings is 1. The van der Waals surface area contributed by atoms with Crippen LogP contribution in [-0.2, 0) is 0 Å². The first-order chi connectivity index (χ1) is 6.29. The van der Waals surface area contributed by atoms with Crippen molar-refractivity contribution in [2.75, 3.05) is 0 Å². The maximum Gasteiger partial charge on any atom is -0.0182 e. The van der Waals surface area contributed by atoms with Gasteiger partial charge in [0.15, 0.2) is 0 Å². The van der Waals surface area contributed by atoms with Gasteiger partial charge in [0.25, 0.3) is 0 Å². The van der Waals surface area contributed by atoms with Gasteiger partial charge in [-0.05, 0) is 36.8 Å². The van der Waals surface area contributed by atoms with Gasteiger partial charge in [0.2, 0.25) is 0 Å². The van der Waals surface area contributed by atoms with Gasteiger partial charge in [-0.25, -0.2) is 0 Å². The molecule has 1 atom stereocenters. The van der Waals surface area contributed by atoms with Crippen LogP contribution in [0.15, 0.2) is 35.9 Å². The van der Waals surface area contributed by atoms with E-state index >= 15 is 0 Å². The molecule has 0 fully saturated rings. The van der Waals surface area contributed by atoms with Gasteiger partial charge in [0, 0.05) is 0 Å². The van der Waals surface area contributed by atoms with E-state index in [1.807, 2.05) is 0 Å². The van der Waals surface area contributed by atoms with E-state index in [0.29, 0.717) is 0 Å². The molecule has 0 radical (unpaired) electrons. The molecule has 0 heterocycles. The Kier molecular flexibility index (Phi) is 2.22. The van der Waals surface area contributed by atoms with Crippen LogP contribution in [0.1, 0.15) is 32.3 Å². The molecule has 0 nitrogen and oxygen atoms in total. The van der Waals surface area contributed by atoms with Crippen molar-refractivity contribution < 1.29 is 0 Å². The van der Waals surface area contributed by atoms with Crippen LogP contribution < -0.4 is 0 Å².